The molecule has 19 heteroatoms. The van der Waals surface area contributed by atoms with Crippen LogP contribution < -0.4 is 0 Å². The van der Waals surface area contributed by atoms with E-state index < -0.39 is 97.5 Å². The van der Waals surface area contributed by atoms with Crippen LogP contribution in [0.4, 0.5) is 0 Å². The number of esters is 4. The van der Waals surface area contributed by atoms with Gasteiger partial charge in [-0.05, 0) is 49.4 Å². The number of hydrogen-bond acceptors (Lipinski definition) is 15. The van der Waals surface area contributed by atoms with Crippen LogP contribution in [0.25, 0.3) is 0 Å². The molecule has 0 rings (SSSR count). The number of aliphatic hydroxyl groups excluding tert-OH is 1. The topological polar surface area (TPSA) is 237 Å². The lowest BCUT2D eigenvalue weighted by Crippen LogP contribution is -2.30. The summed E-state index contributed by atoms with van der Waals surface area (Å²) in [5, 5.41) is 10.6. The van der Waals surface area contributed by atoms with E-state index in [1.165, 1.54) is 193 Å². The summed E-state index contributed by atoms with van der Waals surface area (Å²) in [6, 6.07) is 0. The van der Waals surface area contributed by atoms with Crippen molar-refractivity contribution in [2.45, 2.75) is 408 Å². The van der Waals surface area contributed by atoms with E-state index >= 15 is 0 Å². The summed E-state index contributed by atoms with van der Waals surface area (Å²) in [5.74, 6) is 0.945. The van der Waals surface area contributed by atoms with E-state index in [0.717, 1.165) is 108 Å². The first kappa shape index (κ1) is 94.1. The van der Waals surface area contributed by atoms with Crippen LogP contribution >= 0.6 is 15.6 Å². The molecule has 570 valence electrons. The lowest BCUT2D eigenvalue weighted by Gasteiger charge is -2.21. The van der Waals surface area contributed by atoms with Crippen LogP contribution in [0.2, 0.25) is 0 Å². The van der Waals surface area contributed by atoms with Crippen molar-refractivity contribution in [3.63, 3.8) is 0 Å². The van der Waals surface area contributed by atoms with Crippen LogP contribution in [0.1, 0.15) is 389 Å². The minimum atomic E-state index is -4.96. The molecule has 6 atom stereocenters. The molecule has 0 amide bonds. The number of rotatable bonds is 74. The summed E-state index contributed by atoms with van der Waals surface area (Å²) in [5.41, 5.74) is 0. The first-order valence-electron chi connectivity index (χ1n) is 39.7. The molecule has 0 aromatic heterocycles. The van der Waals surface area contributed by atoms with Crippen molar-refractivity contribution in [3.05, 3.63) is 0 Å². The van der Waals surface area contributed by atoms with Crippen molar-refractivity contribution in [3.8, 4) is 0 Å². The molecular weight excluding hydrogens is 1260 g/mol. The summed E-state index contributed by atoms with van der Waals surface area (Å²) >= 11 is 0. The molecule has 4 unspecified atom stereocenters. The van der Waals surface area contributed by atoms with Gasteiger partial charge in [-0.1, -0.05) is 338 Å². The maximum Gasteiger partial charge on any atom is 0.472 e. The molecular formula is C77H150O17P2. The van der Waals surface area contributed by atoms with E-state index in [0.29, 0.717) is 31.6 Å². The molecule has 0 saturated carbocycles. The Morgan fingerprint density at radius 3 is 0.740 bits per heavy atom. The van der Waals surface area contributed by atoms with Crippen molar-refractivity contribution >= 4 is 39.5 Å². The van der Waals surface area contributed by atoms with Crippen LogP contribution in [0.5, 0.6) is 0 Å². The zero-order valence-corrected chi connectivity index (χ0v) is 64.8. The highest BCUT2D eigenvalue weighted by Gasteiger charge is 2.30. The van der Waals surface area contributed by atoms with Crippen LogP contribution in [0.15, 0.2) is 0 Å². The molecule has 17 nitrogen and oxygen atoms in total. The summed E-state index contributed by atoms with van der Waals surface area (Å²) in [6.45, 7) is 14.2. The smallest absolute Gasteiger partial charge is 0.462 e. The third kappa shape index (κ3) is 69.2. The Kier molecular flexibility index (Phi) is 65.0. The Morgan fingerprint density at radius 2 is 0.500 bits per heavy atom. The quantitative estimate of drug-likeness (QED) is 0.0222. The number of hydrogen-bond donors (Lipinski definition) is 3. The first-order valence-corrected chi connectivity index (χ1v) is 42.7. The largest absolute Gasteiger partial charge is 0.472 e. The van der Waals surface area contributed by atoms with E-state index in [-0.39, 0.29) is 25.7 Å². The fraction of sp³-hybridized carbons (Fsp3) is 0.948. The van der Waals surface area contributed by atoms with E-state index in [9.17, 15) is 43.2 Å². The van der Waals surface area contributed by atoms with Gasteiger partial charge in [-0.25, -0.2) is 9.13 Å². The van der Waals surface area contributed by atoms with Crippen molar-refractivity contribution < 1.29 is 80.2 Å². The lowest BCUT2D eigenvalue weighted by atomic mass is 9.99. The number of ether oxygens (including phenoxy) is 4. The molecule has 0 radical (unpaired) electrons. The van der Waals surface area contributed by atoms with Crippen LogP contribution in [-0.4, -0.2) is 96.7 Å². The highest BCUT2D eigenvalue weighted by atomic mass is 31.2. The molecule has 0 heterocycles. The maximum atomic E-state index is 13.1. The van der Waals surface area contributed by atoms with Gasteiger partial charge < -0.3 is 33.8 Å². The van der Waals surface area contributed by atoms with E-state index in [1.807, 2.05) is 0 Å². The molecule has 0 aromatic rings. The Morgan fingerprint density at radius 1 is 0.292 bits per heavy atom. The monoisotopic (exact) mass is 1410 g/mol. The Bertz CT molecular complexity index is 1890. The molecule has 0 aromatic carbocycles. The van der Waals surface area contributed by atoms with Crippen molar-refractivity contribution in [2.75, 3.05) is 39.6 Å². The van der Waals surface area contributed by atoms with Gasteiger partial charge in [0.05, 0.1) is 26.4 Å². The molecule has 0 fully saturated rings. The van der Waals surface area contributed by atoms with Crippen LogP contribution in [-0.2, 0) is 65.4 Å². The minimum Gasteiger partial charge on any atom is -0.462 e. The molecule has 0 saturated heterocycles. The predicted octanol–water partition coefficient (Wildman–Crippen LogP) is 22.4. The SMILES string of the molecule is CCC(C)CCCCCCCCCCCCCCCCC(=O)OC[C@H](COP(=O)(O)OCC(O)COP(=O)(O)OC[C@@H](COC(=O)CCCCCCCCCCC(C)C)OC(=O)CCCCCCCCCC(C)C)OC(=O)CCCCCCCCCCCCCCCCC(C)C. The van der Waals surface area contributed by atoms with Gasteiger partial charge in [-0.15, -0.1) is 0 Å². The number of aliphatic hydroxyl groups is 1. The molecule has 0 aliphatic rings. The second kappa shape index (κ2) is 66.3. The fourth-order valence-corrected chi connectivity index (χ4v) is 13.3. The standard InChI is InChI=1S/C77H150O17P2/c1-9-70(8)56-48-40-32-23-19-15-11-13-16-20-24-33-41-49-57-74(79)87-63-72(93-76(81)59-51-43-35-25-21-17-12-10-14-18-22-29-37-45-53-67(2)3)65-91-95(83,84)89-61-71(78)62-90-96(85,86)92-66-73(94-77(82)60-52-44-36-28-31-39-47-55-69(6)7)64-88-75(80)58-50-42-34-27-26-30-38-46-54-68(4)5/h67-73,78H,9-66H2,1-8H3,(H,83,84)(H,85,86)/t70?,71?,72-,73-/m1/s1. The predicted molar refractivity (Wildman–Crippen MR) is 391 cm³/mol. The summed E-state index contributed by atoms with van der Waals surface area (Å²) in [7, 11) is -9.91. The van der Waals surface area contributed by atoms with Gasteiger partial charge in [0.2, 0.25) is 0 Å². The van der Waals surface area contributed by atoms with Gasteiger partial charge in [-0.2, -0.15) is 0 Å². The van der Waals surface area contributed by atoms with Crippen molar-refractivity contribution in [1.82, 2.24) is 0 Å². The fourth-order valence-electron chi connectivity index (χ4n) is 11.7. The number of carbonyl (C=O) groups is 4. The van der Waals surface area contributed by atoms with Gasteiger partial charge >= 0.3 is 39.5 Å². The number of phosphoric acid groups is 2. The summed E-state index contributed by atoms with van der Waals surface area (Å²) < 4.78 is 68.5. The Balaban J connectivity index is 5.23. The zero-order valence-electron chi connectivity index (χ0n) is 63.0. The van der Waals surface area contributed by atoms with Gasteiger partial charge in [0.25, 0.3) is 0 Å². The molecule has 0 bridgehead atoms. The summed E-state index contributed by atoms with van der Waals surface area (Å²) in [6.07, 6.45) is 51.4. The average Bonchev–Trinajstić information content (AvgIpc) is 1.70. The molecule has 0 aliphatic carbocycles. The molecule has 0 spiro atoms. The number of unbranched alkanes of at least 4 members (excludes halogenated alkanes) is 39. The molecule has 96 heavy (non-hydrogen) atoms. The average molecular weight is 1410 g/mol. The van der Waals surface area contributed by atoms with Crippen molar-refractivity contribution in [1.29, 1.82) is 0 Å². The lowest BCUT2D eigenvalue weighted by molar-refractivity contribution is -0.161. The third-order valence-corrected chi connectivity index (χ3v) is 20.1. The highest BCUT2D eigenvalue weighted by Crippen LogP contribution is 2.45. The molecule has 3 N–H and O–H groups in total. The third-order valence-electron chi connectivity index (χ3n) is 18.2. The maximum absolute atomic E-state index is 13.1. The summed E-state index contributed by atoms with van der Waals surface area (Å²) in [4.78, 5) is 72.8. The van der Waals surface area contributed by atoms with Crippen LogP contribution in [0.3, 0.4) is 0 Å². The second-order valence-corrected chi connectivity index (χ2v) is 32.3. The van der Waals surface area contributed by atoms with Crippen LogP contribution in [0, 0.1) is 23.7 Å². The number of phosphoric ester groups is 2. The van der Waals surface area contributed by atoms with E-state index in [4.69, 9.17) is 37.0 Å². The van der Waals surface area contributed by atoms with Crippen molar-refractivity contribution in [2.24, 2.45) is 23.7 Å². The number of carbonyl (C=O) groups excluding carboxylic acids is 4. The van der Waals surface area contributed by atoms with Gasteiger partial charge in [0.1, 0.15) is 19.3 Å². The second-order valence-electron chi connectivity index (χ2n) is 29.4. The van der Waals surface area contributed by atoms with E-state index in [1.54, 1.807) is 0 Å². The molecule has 0 aliphatic heterocycles. The minimum absolute atomic E-state index is 0.103. The first-order chi connectivity index (χ1) is 46.1. The zero-order chi connectivity index (χ0) is 71.0. The van der Waals surface area contributed by atoms with E-state index in [2.05, 4.69) is 55.4 Å². The van der Waals surface area contributed by atoms with Gasteiger partial charge in [0, 0.05) is 25.7 Å². The Hall–Kier alpha value is -1.94. The van der Waals surface area contributed by atoms with Gasteiger partial charge in [-0.3, -0.25) is 37.3 Å². The normalized spacial score (nSPS) is 14.4. The van der Waals surface area contributed by atoms with Gasteiger partial charge in [0.15, 0.2) is 12.2 Å². The highest BCUT2D eigenvalue weighted by molar-refractivity contribution is 7.47. The Labute approximate surface area is 588 Å².